The second-order valence-electron chi connectivity index (χ2n) is 12.9. The largest absolute Gasteiger partial charge is 0.445 e. The molecular formula is C27H35F5O8S. The zero-order chi connectivity index (χ0) is 30.9. The van der Waals surface area contributed by atoms with Crippen LogP contribution in [0.15, 0.2) is 0 Å². The van der Waals surface area contributed by atoms with E-state index in [0.29, 0.717) is 32.1 Å². The number of hydrogen-bond donors (Lipinski definition) is 1. The van der Waals surface area contributed by atoms with E-state index in [4.69, 9.17) is 4.55 Å². The quantitative estimate of drug-likeness (QED) is 0.242. The maximum atomic E-state index is 13.8. The Kier molecular flexibility index (Phi) is 8.06. The highest BCUT2D eigenvalue weighted by Crippen LogP contribution is 2.66. The Morgan fingerprint density at radius 1 is 1.05 bits per heavy atom. The number of rotatable bonds is 7. The summed E-state index contributed by atoms with van der Waals surface area (Å²) in [6, 6.07) is 0. The molecule has 14 heteroatoms. The van der Waals surface area contributed by atoms with Gasteiger partial charge in [0, 0.05) is 43.4 Å². The van der Waals surface area contributed by atoms with Crippen molar-refractivity contribution in [1.82, 2.24) is 0 Å². The summed E-state index contributed by atoms with van der Waals surface area (Å²) < 4.78 is 101. The molecule has 4 aliphatic rings. The molecule has 0 saturated heterocycles. The van der Waals surface area contributed by atoms with Crippen molar-refractivity contribution in [3.05, 3.63) is 0 Å². The molecule has 8 nitrogen and oxygen atoms in total. The van der Waals surface area contributed by atoms with Crippen LogP contribution in [0.2, 0.25) is 0 Å². The molecule has 1 N–H and O–H groups in total. The minimum atomic E-state index is -6.54. The van der Waals surface area contributed by atoms with E-state index in [1.165, 1.54) is 0 Å². The summed E-state index contributed by atoms with van der Waals surface area (Å²) in [7, 11) is -6.54. The van der Waals surface area contributed by atoms with E-state index < -0.39 is 51.4 Å². The first-order valence-corrected chi connectivity index (χ1v) is 15.3. The highest BCUT2D eigenvalue weighted by molar-refractivity contribution is 7.86. The fourth-order valence-corrected chi connectivity index (χ4v) is 9.04. The lowest BCUT2D eigenvalue weighted by Gasteiger charge is -2.58. The number of carbonyl (C=O) groups excluding carboxylic acids is 4. The number of hydrogen-bond acceptors (Lipinski definition) is 7. The van der Waals surface area contributed by atoms with Gasteiger partial charge in [-0.1, -0.05) is 20.8 Å². The first kappa shape index (κ1) is 32.0. The molecule has 0 aromatic heterocycles. The number of esters is 1. The van der Waals surface area contributed by atoms with Crippen molar-refractivity contribution in [2.24, 2.45) is 46.3 Å². The van der Waals surface area contributed by atoms with Gasteiger partial charge in [-0.15, -0.1) is 0 Å². The lowest BCUT2D eigenvalue weighted by atomic mass is 9.44. The third-order valence-corrected chi connectivity index (χ3v) is 11.8. The van der Waals surface area contributed by atoms with Crippen LogP contribution in [0.5, 0.6) is 0 Å². The predicted octanol–water partition coefficient (Wildman–Crippen LogP) is 4.94. The first-order valence-electron chi connectivity index (χ1n) is 13.8. The molecule has 0 heterocycles. The molecular weight excluding hydrogens is 579 g/mol. The molecule has 4 rings (SSSR count). The van der Waals surface area contributed by atoms with Crippen LogP contribution in [0.4, 0.5) is 22.0 Å². The number of fused-ring (bicyclic) bond motifs is 5. The van der Waals surface area contributed by atoms with Crippen molar-refractivity contribution in [2.45, 2.75) is 96.1 Å². The molecule has 9 atom stereocenters. The lowest BCUT2D eigenvalue weighted by Crippen LogP contribution is -2.60. The standard InChI is InChI=1S/C27H35F5O8S/c1-13(4-7-21(36)40-23(26(28,29)30)27(31,32)41(37,38)39)16-5-6-17-22-18(12-20(35)25(16,17)3)24(2)9-8-15(33)10-14(24)11-19(22)34/h13-14,16-18,22-23H,4-12H2,1-3H3,(H,37,38,39)/t13?,14-,16+,17+,18-,22+,23?,24-,25+/m0/s1. The van der Waals surface area contributed by atoms with Crippen molar-refractivity contribution < 1.29 is 58.8 Å². The summed E-state index contributed by atoms with van der Waals surface area (Å²) in [5.41, 5.74) is -1.24. The number of ketones is 3. The summed E-state index contributed by atoms with van der Waals surface area (Å²) in [5.74, 6) is -3.26. The van der Waals surface area contributed by atoms with Crippen LogP contribution in [0, 0.1) is 46.3 Å². The number of carbonyl (C=O) groups is 4. The Morgan fingerprint density at radius 3 is 2.27 bits per heavy atom. The molecule has 41 heavy (non-hydrogen) atoms. The van der Waals surface area contributed by atoms with E-state index in [0.717, 1.165) is 0 Å². The molecule has 0 aliphatic heterocycles. The smallest absolute Gasteiger partial charge is 0.432 e. The minimum Gasteiger partial charge on any atom is -0.445 e. The van der Waals surface area contributed by atoms with E-state index in [1.54, 1.807) is 13.8 Å². The Balaban J connectivity index is 1.47. The van der Waals surface area contributed by atoms with Crippen LogP contribution in [-0.4, -0.2) is 53.8 Å². The van der Waals surface area contributed by atoms with Gasteiger partial charge >= 0.3 is 27.5 Å². The molecule has 4 aliphatic carbocycles. The molecule has 0 radical (unpaired) electrons. The van der Waals surface area contributed by atoms with E-state index >= 15 is 0 Å². The number of ether oxygens (including phenoxy) is 1. The van der Waals surface area contributed by atoms with Gasteiger partial charge in [-0.2, -0.15) is 30.4 Å². The zero-order valence-corrected chi connectivity index (χ0v) is 23.8. The van der Waals surface area contributed by atoms with Crippen LogP contribution in [-0.2, 0) is 34.0 Å². The fraction of sp³-hybridized carbons (Fsp3) is 0.852. The summed E-state index contributed by atoms with van der Waals surface area (Å²) in [6.45, 7) is 5.55. The molecule has 4 saturated carbocycles. The van der Waals surface area contributed by atoms with Crippen LogP contribution < -0.4 is 0 Å². The number of alkyl halides is 5. The summed E-state index contributed by atoms with van der Waals surface area (Å²) in [4.78, 5) is 51.5. The van der Waals surface area contributed by atoms with Crippen molar-refractivity contribution >= 4 is 33.4 Å². The van der Waals surface area contributed by atoms with Gasteiger partial charge in [0.2, 0.25) is 0 Å². The minimum absolute atomic E-state index is 0.0304. The Hall–Kier alpha value is -1.96. The van der Waals surface area contributed by atoms with Crippen molar-refractivity contribution in [3.63, 3.8) is 0 Å². The predicted molar refractivity (Wildman–Crippen MR) is 132 cm³/mol. The van der Waals surface area contributed by atoms with Gasteiger partial charge in [0.05, 0.1) is 0 Å². The Labute approximate surface area is 234 Å². The summed E-state index contributed by atoms with van der Waals surface area (Å²) >= 11 is 0. The zero-order valence-electron chi connectivity index (χ0n) is 23.0. The van der Waals surface area contributed by atoms with Gasteiger partial charge in [0.25, 0.3) is 6.10 Å². The van der Waals surface area contributed by atoms with Crippen molar-refractivity contribution in [2.75, 3.05) is 0 Å². The topological polar surface area (TPSA) is 132 Å². The SMILES string of the molecule is CC(CCC(=O)OC(C(F)(F)F)C(F)(F)S(=O)(=O)O)[C@H]1CC[C@@H]2[C@H]3C(=O)C[C@@H]4CC(=O)CC[C@]4(C)[C@H]3CC(=O)[C@]12C. The highest BCUT2D eigenvalue weighted by atomic mass is 32.2. The number of Topliss-reactive ketones (excluding diaryl/α,β-unsaturated/α-hetero) is 3. The highest BCUT2D eigenvalue weighted by Gasteiger charge is 2.67. The van der Waals surface area contributed by atoms with E-state index in [9.17, 15) is 49.5 Å². The first-order chi connectivity index (χ1) is 18.7. The third-order valence-electron chi connectivity index (χ3n) is 10.9. The van der Waals surface area contributed by atoms with Gasteiger partial charge in [-0.3, -0.25) is 23.7 Å². The fourth-order valence-electron chi connectivity index (χ4n) is 8.59. The molecule has 0 bridgehead atoms. The molecule has 0 amide bonds. The molecule has 0 aromatic rings. The van der Waals surface area contributed by atoms with E-state index in [2.05, 4.69) is 11.7 Å². The number of halogens is 5. The molecule has 0 spiro atoms. The van der Waals surface area contributed by atoms with E-state index in [1.807, 2.05) is 0 Å². The van der Waals surface area contributed by atoms with Crippen LogP contribution in [0.3, 0.4) is 0 Å². The third kappa shape index (κ3) is 5.25. The maximum absolute atomic E-state index is 13.8. The van der Waals surface area contributed by atoms with Gasteiger partial charge in [-0.05, 0) is 60.7 Å². The molecule has 2 unspecified atom stereocenters. The van der Waals surface area contributed by atoms with Crippen molar-refractivity contribution in [3.8, 4) is 0 Å². The molecule has 0 aromatic carbocycles. The second kappa shape index (κ2) is 10.3. The van der Waals surface area contributed by atoms with Crippen LogP contribution in [0.25, 0.3) is 0 Å². The Morgan fingerprint density at radius 2 is 1.68 bits per heavy atom. The molecule has 4 fully saturated rings. The van der Waals surface area contributed by atoms with Gasteiger partial charge < -0.3 is 4.74 Å². The average Bonchev–Trinajstić information content (AvgIpc) is 3.19. The average molecular weight is 615 g/mol. The van der Waals surface area contributed by atoms with Gasteiger partial charge in [0.1, 0.15) is 17.3 Å². The normalized spacial score (nSPS) is 37.6. The molecule has 232 valence electrons. The second-order valence-corrected chi connectivity index (χ2v) is 14.4. The van der Waals surface area contributed by atoms with Gasteiger partial charge in [0.15, 0.2) is 0 Å². The van der Waals surface area contributed by atoms with Crippen molar-refractivity contribution in [1.29, 1.82) is 0 Å². The Bertz CT molecular complexity index is 1230. The van der Waals surface area contributed by atoms with Crippen LogP contribution in [0.1, 0.15) is 78.6 Å². The van der Waals surface area contributed by atoms with Crippen LogP contribution >= 0.6 is 0 Å². The lowest BCUT2D eigenvalue weighted by molar-refractivity contribution is -0.259. The summed E-state index contributed by atoms with van der Waals surface area (Å²) in [5, 5.41) is -5.81. The van der Waals surface area contributed by atoms with E-state index in [-0.39, 0.29) is 71.6 Å². The monoisotopic (exact) mass is 614 g/mol. The van der Waals surface area contributed by atoms with Gasteiger partial charge in [-0.25, -0.2) is 0 Å². The summed E-state index contributed by atoms with van der Waals surface area (Å²) in [6.07, 6.45) is -8.36. The maximum Gasteiger partial charge on any atom is 0.432 e.